The summed E-state index contributed by atoms with van der Waals surface area (Å²) in [6.45, 7) is 1.03. The summed E-state index contributed by atoms with van der Waals surface area (Å²) in [5.41, 5.74) is 1.35. The molecule has 0 spiro atoms. The predicted molar refractivity (Wildman–Crippen MR) is 119 cm³/mol. The van der Waals surface area contributed by atoms with Gasteiger partial charge in [-0.25, -0.2) is 4.79 Å². The van der Waals surface area contributed by atoms with E-state index in [1.165, 1.54) is 6.07 Å². The van der Waals surface area contributed by atoms with E-state index in [1.54, 1.807) is 36.4 Å². The fourth-order valence-corrected chi connectivity index (χ4v) is 3.16. The number of hydrogen-bond donors (Lipinski definition) is 4. The molecule has 0 radical (unpaired) electrons. The van der Waals surface area contributed by atoms with Gasteiger partial charge in [0.2, 0.25) is 23.0 Å². The van der Waals surface area contributed by atoms with Gasteiger partial charge in [0.15, 0.2) is 12.4 Å². The molecule has 0 atom stereocenters. The van der Waals surface area contributed by atoms with Gasteiger partial charge in [-0.3, -0.25) is 4.79 Å². The molecular formula is C24H18N2O8. The molecule has 0 bridgehead atoms. The first-order chi connectivity index (χ1) is 16.3. The zero-order valence-corrected chi connectivity index (χ0v) is 17.7. The molecule has 1 aromatic heterocycles. The van der Waals surface area contributed by atoms with Gasteiger partial charge in [0.25, 0.3) is 0 Å². The van der Waals surface area contributed by atoms with Gasteiger partial charge in [-0.2, -0.15) is 5.11 Å². The van der Waals surface area contributed by atoms with Gasteiger partial charge in [-0.15, -0.1) is 5.11 Å². The highest BCUT2D eigenvalue weighted by Crippen LogP contribution is 2.41. The van der Waals surface area contributed by atoms with Crippen molar-refractivity contribution in [2.24, 2.45) is 10.2 Å². The Labute approximate surface area is 192 Å². The molecule has 0 saturated carbocycles. The van der Waals surface area contributed by atoms with Gasteiger partial charge in [0.05, 0.1) is 5.69 Å². The Morgan fingerprint density at radius 3 is 2.29 bits per heavy atom. The number of phenols is 1. The van der Waals surface area contributed by atoms with Crippen LogP contribution in [0.15, 0.2) is 69.2 Å². The molecule has 0 aliphatic carbocycles. The molecule has 0 aliphatic heterocycles. The number of carbonyl (C=O) groups excluding carboxylic acids is 2. The number of esters is 1. The Morgan fingerprint density at radius 1 is 0.912 bits per heavy atom. The van der Waals surface area contributed by atoms with Crippen molar-refractivity contribution in [3.8, 4) is 23.2 Å². The lowest BCUT2D eigenvalue weighted by Gasteiger charge is -2.10. The standard InChI is InChI=1S/C24H18N2O8/c1-12-6-8-14(9-7-12)25-26-18-15-5-3-2-4-13(15)10-16(19(18)28)23(31)33-11-17(27)22-20(29)21(30)24(32)34-22/h2-10,28-30,32H,11H2,1H3. The van der Waals surface area contributed by atoms with E-state index in [0.717, 1.165) is 5.56 Å². The second kappa shape index (κ2) is 8.94. The number of azo groups is 1. The summed E-state index contributed by atoms with van der Waals surface area (Å²) in [6.07, 6.45) is 0. The summed E-state index contributed by atoms with van der Waals surface area (Å²) < 4.78 is 9.52. The van der Waals surface area contributed by atoms with Crippen LogP contribution in [0.4, 0.5) is 11.4 Å². The molecule has 0 aliphatic rings. The summed E-state index contributed by atoms with van der Waals surface area (Å²) in [6, 6.07) is 15.5. The maximum absolute atomic E-state index is 12.7. The molecule has 10 heteroatoms. The van der Waals surface area contributed by atoms with Crippen LogP contribution in [0.25, 0.3) is 10.8 Å². The third kappa shape index (κ3) is 4.24. The molecule has 34 heavy (non-hydrogen) atoms. The lowest BCUT2D eigenvalue weighted by Crippen LogP contribution is -2.14. The lowest BCUT2D eigenvalue weighted by atomic mass is 10.0. The highest BCUT2D eigenvalue weighted by atomic mass is 16.5. The Kier molecular flexibility index (Phi) is 5.88. The number of Topliss-reactive ketones (excluding diaryl/α,β-unsaturated/α-hetero) is 1. The van der Waals surface area contributed by atoms with Gasteiger partial charge < -0.3 is 29.6 Å². The molecule has 172 valence electrons. The SMILES string of the molecule is Cc1ccc(N=Nc2c(O)c(C(=O)OCC(=O)c3oc(O)c(O)c3O)cc3ccccc23)cc1. The number of rotatable bonds is 6. The minimum absolute atomic E-state index is 0.0375. The van der Waals surface area contributed by atoms with Crippen LogP contribution in [0.5, 0.6) is 23.2 Å². The first-order valence-corrected chi connectivity index (χ1v) is 9.93. The number of fused-ring (bicyclic) bond motifs is 1. The van der Waals surface area contributed by atoms with Crippen molar-refractivity contribution >= 4 is 33.9 Å². The maximum atomic E-state index is 12.7. The lowest BCUT2D eigenvalue weighted by molar-refractivity contribution is 0.0463. The van der Waals surface area contributed by atoms with Crippen molar-refractivity contribution in [1.29, 1.82) is 0 Å². The van der Waals surface area contributed by atoms with Crippen LogP contribution in [0.2, 0.25) is 0 Å². The van der Waals surface area contributed by atoms with Gasteiger partial charge in [0, 0.05) is 5.39 Å². The number of nitrogens with zero attached hydrogens (tertiary/aromatic N) is 2. The number of ether oxygens (including phenoxy) is 1. The first kappa shape index (κ1) is 22.3. The predicted octanol–water partition coefficient (Wildman–Crippen LogP) is 5.02. The minimum Gasteiger partial charge on any atom is -0.505 e. The fraction of sp³-hybridized carbons (Fsp3) is 0.0833. The van der Waals surface area contributed by atoms with Gasteiger partial charge in [0.1, 0.15) is 11.3 Å². The third-order valence-corrected chi connectivity index (χ3v) is 4.94. The summed E-state index contributed by atoms with van der Waals surface area (Å²) in [7, 11) is 0. The molecule has 0 fully saturated rings. The highest BCUT2D eigenvalue weighted by molar-refractivity contribution is 6.06. The van der Waals surface area contributed by atoms with Gasteiger partial charge in [-0.1, -0.05) is 42.0 Å². The number of phenolic OH excluding ortho intramolecular Hbond substituents is 1. The number of aromatic hydroxyl groups is 4. The molecule has 1 heterocycles. The molecular weight excluding hydrogens is 444 g/mol. The molecule has 10 nitrogen and oxygen atoms in total. The Balaban J connectivity index is 1.63. The van der Waals surface area contributed by atoms with E-state index in [4.69, 9.17) is 4.74 Å². The van der Waals surface area contributed by atoms with Crippen molar-refractivity contribution in [2.75, 3.05) is 6.61 Å². The van der Waals surface area contributed by atoms with Crippen LogP contribution in [0.1, 0.15) is 26.5 Å². The van der Waals surface area contributed by atoms with E-state index in [0.29, 0.717) is 16.5 Å². The van der Waals surface area contributed by atoms with Gasteiger partial charge >= 0.3 is 11.9 Å². The molecule has 4 N–H and O–H groups in total. The van der Waals surface area contributed by atoms with Crippen LogP contribution in [0.3, 0.4) is 0 Å². The van der Waals surface area contributed by atoms with Crippen LogP contribution >= 0.6 is 0 Å². The van der Waals surface area contributed by atoms with E-state index in [-0.39, 0.29) is 11.3 Å². The van der Waals surface area contributed by atoms with Crippen LogP contribution < -0.4 is 0 Å². The number of benzene rings is 3. The highest BCUT2D eigenvalue weighted by Gasteiger charge is 2.26. The Hall–Kier alpha value is -4.86. The Bertz CT molecular complexity index is 1440. The molecule has 3 aromatic carbocycles. The average Bonchev–Trinajstić information content (AvgIpc) is 3.09. The number of furan rings is 1. The summed E-state index contributed by atoms with van der Waals surface area (Å²) >= 11 is 0. The summed E-state index contributed by atoms with van der Waals surface area (Å²) in [4.78, 5) is 24.8. The topological polar surface area (TPSA) is 162 Å². The monoisotopic (exact) mass is 462 g/mol. The third-order valence-electron chi connectivity index (χ3n) is 4.94. The molecule has 0 unspecified atom stereocenters. The summed E-state index contributed by atoms with van der Waals surface area (Å²) in [5, 5.41) is 48.4. The van der Waals surface area contributed by atoms with Crippen molar-refractivity contribution in [1.82, 2.24) is 0 Å². The van der Waals surface area contributed by atoms with E-state index in [9.17, 15) is 30.0 Å². The molecule has 4 aromatic rings. The molecule has 0 saturated heterocycles. The smallest absolute Gasteiger partial charge is 0.342 e. The van der Waals surface area contributed by atoms with E-state index >= 15 is 0 Å². The van der Waals surface area contributed by atoms with Crippen molar-refractivity contribution in [3.63, 3.8) is 0 Å². The second-order valence-electron chi connectivity index (χ2n) is 7.31. The zero-order valence-electron chi connectivity index (χ0n) is 17.7. The van der Waals surface area contributed by atoms with Crippen LogP contribution in [0, 0.1) is 6.92 Å². The number of ketones is 1. The molecule has 4 rings (SSSR count). The Morgan fingerprint density at radius 2 is 1.62 bits per heavy atom. The van der Waals surface area contributed by atoms with E-state index in [1.807, 2.05) is 19.1 Å². The second-order valence-corrected chi connectivity index (χ2v) is 7.31. The van der Waals surface area contributed by atoms with Crippen LogP contribution in [-0.2, 0) is 4.74 Å². The first-order valence-electron chi connectivity index (χ1n) is 9.93. The molecule has 0 amide bonds. The number of aryl methyl sites for hydroxylation is 1. The van der Waals surface area contributed by atoms with Crippen molar-refractivity contribution < 1.29 is 39.2 Å². The van der Waals surface area contributed by atoms with Crippen LogP contribution in [-0.4, -0.2) is 38.8 Å². The normalized spacial score (nSPS) is 11.2. The minimum atomic E-state index is -1.05. The van der Waals surface area contributed by atoms with E-state index in [2.05, 4.69) is 14.6 Å². The van der Waals surface area contributed by atoms with E-state index < -0.39 is 47.3 Å². The quantitative estimate of drug-likeness (QED) is 0.176. The number of hydrogen-bond acceptors (Lipinski definition) is 10. The van der Waals surface area contributed by atoms with Gasteiger partial charge in [-0.05, 0) is 30.5 Å². The fourth-order valence-electron chi connectivity index (χ4n) is 3.16. The van der Waals surface area contributed by atoms with Crippen molar-refractivity contribution in [2.45, 2.75) is 6.92 Å². The summed E-state index contributed by atoms with van der Waals surface area (Å²) in [5.74, 6) is -6.40. The maximum Gasteiger partial charge on any atom is 0.342 e. The largest absolute Gasteiger partial charge is 0.505 e. The van der Waals surface area contributed by atoms with Crippen molar-refractivity contribution in [3.05, 3.63) is 71.5 Å². The average molecular weight is 462 g/mol. The zero-order chi connectivity index (χ0) is 24.4. The number of carbonyl (C=O) groups is 2.